The first-order valence-electron chi connectivity index (χ1n) is 13.5. The van der Waals surface area contributed by atoms with Crippen molar-refractivity contribution in [1.82, 2.24) is 10.2 Å². The zero-order valence-electron chi connectivity index (χ0n) is 22.7. The van der Waals surface area contributed by atoms with Crippen LogP contribution >= 0.6 is 0 Å². The molecule has 0 unspecified atom stereocenters. The van der Waals surface area contributed by atoms with Crippen molar-refractivity contribution in [3.8, 4) is 11.5 Å². The molecule has 1 aliphatic rings. The number of ether oxygens (including phenoxy) is 2. The summed E-state index contributed by atoms with van der Waals surface area (Å²) in [6, 6.07) is 25.9. The first-order chi connectivity index (χ1) is 20.0. The molecule has 0 atom stereocenters. The summed E-state index contributed by atoms with van der Waals surface area (Å²) in [5, 5.41) is 18.1. The molecule has 212 valence electrons. The van der Waals surface area contributed by atoms with Gasteiger partial charge in [-0.1, -0.05) is 48.5 Å². The predicted molar refractivity (Wildman–Crippen MR) is 155 cm³/mol. The maximum Gasteiger partial charge on any atom is 0.341 e. The zero-order valence-corrected chi connectivity index (χ0v) is 22.7. The molecule has 0 spiro atoms. The lowest BCUT2D eigenvalue weighted by atomic mass is 9.90. The molecule has 3 aromatic carbocycles. The van der Waals surface area contributed by atoms with Crippen LogP contribution in [-0.2, 0) is 35.3 Å². The number of carboxylic acid groups (broad SMARTS) is 1. The molecule has 1 aliphatic carbocycles. The quantitative estimate of drug-likeness (QED) is 0.261. The number of rotatable bonds is 10. The van der Waals surface area contributed by atoms with Crippen LogP contribution in [0.1, 0.15) is 35.2 Å². The third-order valence-corrected chi connectivity index (χ3v) is 6.46. The number of fused-ring (bicyclic) bond motifs is 1. The van der Waals surface area contributed by atoms with E-state index >= 15 is 0 Å². The number of H-pyrrole nitrogens is 1. The average molecular weight is 556 g/mol. The number of para-hydroxylation sites is 2. The van der Waals surface area contributed by atoms with Crippen molar-refractivity contribution in [2.75, 3.05) is 18.5 Å². The molecule has 41 heavy (non-hydrogen) atoms. The number of aliphatic carboxylic acids is 1. The number of carbonyl (C=O) groups excluding carboxylic acids is 1. The topological polar surface area (TPSA) is 131 Å². The Balaban J connectivity index is 0.000000296. The Hall–Kier alpha value is -4.92. The number of benzene rings is 3. The SMILES string of the molecule is O=C(COc1ccccc1)Nc1cccc(CCc2n[nH]c(=O)c3c2CCCC3)c1.O=C(O)COc1ccccc1. The van der Waals surface area contributed by atoms with Crippen LogP contribution in [0.4, 0.5) is 5.69 Å². The fourth-order valence-electron chi connectivity index (χ4n) is 4.53. The van der Waals surface area contributed by atoms with Gasteiger partial charge in [0.1, 0.15) is 11.5 Å². The molecular formula is C32H33N3O6. The fourth-order valence-corrected chi connectivity index (χ4v) is 4.53. The minimum atomic E-state index is -0.964. The average Bonchev–Trinajstić information content (AvgIpc) is 3.00. The molecule has 1 amide bonds. The van der Waals surface area contributed by atoms with Gasteiger partial charge in [-0.15, -0.1) is 0 Å². The van der Waals surface area contributed by atoms with Crippen LogP contribution in [0.5, 0.6) is 11.5 Å². The molecule has 3 N–H and O–H groups in total. The first-order valence-corrected chi connectivity index (χ1v) is 13.5. The number of aryl methyl sites for hydroxylation is 2. The Bertz CT molecular complexity index is 1490. The molecule has 0 saturated carbocycles. The summed E-state index contributed by atoms with van der Waals surface area (Å²) in [7, 11) is 0. The van der Waals surface area contributed by atoms with Crippen LogP contribution in [0, 0.1) is 0 Å². The lowest BCUT2D eigenvalue weighted by Crippen LogP contribution is -2.23. The summed E-state index contributed by atoms with van der Waals surface area (Å²) in [5.41, 5.74) is 4.82. The van der Waals surface area contributed by atoms with E-state index in [1.165, 1.54) is 0 Å². The summed E-state index contributed by atoms with van der Waals surface area (Å²) >= 11 is 0. The normalized spacial score (nSPS) is 11.8. The molecule has 9 heteroatoms. The van der Waals surface area contributed by atoms with Crippen molar-refractivity contribution in [2.24, 2.45) is 0 Å². The number of aromatic amines is 1. The van der Waals surface area contributed by atoms with Crippen LogP contribution in [-0.4, -0.2) is 40.4 Å². The van der Waals surface area contributed by atoms with Crippen molar-refractivity contribution < 1.29 is 24.2 Å². The number of nitrogens with one attached hydrogen (secondary N) is 2. The van der Waals surface area contributed by atoms with E-state index in [0.29, 0.717) is 11.5 Å². The molecule has 9 nitrogen and oxygen atoms in total. The molecule has 0 fully saturated rings. The standard InChI is InChI=1S/C24H25N3O3.C8H8O3/c28-23(16-30-19-9-2-1-3-10-19)25-18-8-6-7-17(15-18)13-14-22-20-11-4-5-12-21(20)24(29)27-26-22;9-8(10)6-11-7-4-2-1-3-5-7/h1-3,6-10,15H,4-5,11-14,16H2,(H,25,28)(H,27,29);1-5H,6H2,(H,9,10). The Kier molecular flexibility index (Phi) is 10.7. The number of hydrogen-bond donors (Lipinski definition) is 3. The Morgan fingerprint density at radius 2 is 1.44 bits per heavy atom. The second kappa shape index (κ2) is 15.0. The number of carbonyl (C=O) groups is 2. The highest BCUT2D eigenvalue weighted by molar-refractivity contribution is 5.91. The van der Waals surface area contributed by atoms with Gasteiger partial charge >= 0.3 is 5.97 Å². The highest BCUT2D eigenvalue weighted by atomic mass is 16.5. The van der Waals surface area contributed by atoms with Crippen LogP contribution in [0.15, 0.2) is 89.7 Å². The smallest absolute Gasteiger partial charge is 0.341 e. The van der Waals surface area contributed by atoms with Gasteiger partial charge in [-0.25, -0.2) is 9.89 Å². The molecule has 0 radical (unpaired) electrons. The van der Waals surface area contributed by atoms with Gasteiger partial charge in [-0.2, -0.15) is 5.10 Å². The number of anilines is 1. The van der Waals surface area contributed by atoms with Gasteiger partial charge in [0.25, 0.3) is 11.5 Å². The predicted octanol–water partition coefficient (Wildman–Crippen LogP) is 4.60. The van der Waals surface area contributed by atoms with Crippen LogP contribution in [0.2, 0.25) is 0 Å². The molecule has 1 heterocycles. The van der Waals surface area contributed by atoms with Gasteiger partial charge in [-0.3, -0.25) is 9.59 Å². The minimum absolute atomic E-state index is 0.0400. The van der Waals surface area contributed by atoms with Gasteiger partial charge in [0.05, 0.1) is 5.69 Å². The van der Waals surface area contributed by atoms with Crippen molar-refractivity contribution in [1.29, 1.82) is 0 Å². The van der Waals surface area contributed by atoms with Crippen molar-refractivity contribution >= 4 is 17.6 Å². The van der Waals surface area contributed by atoms with Crippen LogP contribution in [0.25, 0.3) is 0 Å². The van der Waals surface area contributed by atoms with Gasteiger partial charge < -0.3 is 19.9 Å². The van der Waals surface area contributed by atoms with E-state index in [-0.39, 0.29) is 24.7 Å². The summed E-state index contributed by atoms with van der Waals surface area (Å²) in [4.78, 5) is 34.2. The number of amides is 1. The molecule has 1 aromatic heterocycles. The lowest BCUT2D eigenvalue weighted by molar-refractivity contribution is -0.139. The van der Waals surface area contributed by atoms with Crippen molar-refractivity contribution in [3.63, 3.8) is 0 Å². The van der Waals surface area contributed by atoms with E-state index < -0.39 is 5.97 Å². The number of hydrogen-bond acceptors (Lipinski definition) is 6. The summed E-state index contributed by atoms with van der Waals surface area (Å²) < 4.78 is 10.4. The molecule has 4 aromatic rings. The van der Waals surface area contributed by atoms with E-state index in [4.69, 9.17) is 14.6 Å². The third-order valence-electron chi connectivity index (χ3n) is 6.46. The maximum absolute atomic E-state index is 12.2. The number of nitrogens with zero attached hydrogens (tertiary/aromatic N) is 1. The van der Waals surface area contributed by atoms with E-state index in [1.807, 2.05) is 60.7 Å². The summed E-state index contributed by atoms with van der Waals surface area (Å²) in [6.07, 6.45) is 5.49. The van der Waals surface area contributed by atoms with E-state index in [9.17, 15) is 14.4 Å². The minimum Gasteiger partial charge on any atom is -0.484 e. The monoisotopic (exact) mass is 555 g/mol. The largest absolute Gasteiger partial charge is 0.484 e. The molecular weight excluding hydrogens is 522 g/mol. The Morgan fingerprint density at radius 1 is 0.805 bits per heavy atom. The second-order valence-corrected chi connectivity index (χ2v) is 9.51. The number of aromatic nitrogens is 2. The Morgan fingerprint density at radius 3 is 2.10 bits per heavy atom. The fraction of sp³-hybridized carbons (Fsp3) is 0.250. The zero-order chi connectivity index (χ0) is 28.9. The Labute approximate surface area is 238 Å². The molecule has 5 rings (SSSR count). The molecule has 0 bridgehead atoms. The van der Waals surface area contributed by atoms with Crippen LogP contribution < -0.4 is 20.3 Å². The van der Waals surface area contributed by atoms with Gasteiger partial charge in [0, 0.05) is 11.3 Å². The molecule has 0 aliphatic heterocycles. The highest BCUT2D eigenvalue weighted by Gasteiger charge is 2.17. The van der Waals surface area contributed by atoms with Crippen molar-refractivity contribution in [2.45, 2.75) is 38.5 Å². The van der Waals surface area contributed by atoms with Gasteiger partial charge in [-0.05, 0) is 86.1 Å². The summed E-state index contributed by atoms with van der Waals surface area (Å²) in [5.74, 6) is 0.0780. The first kappa shape index (κ1) is 29.1. The third kappa shape index (κ3) is 9.35. The van der Waals surface area contributed by atoms with E-state index in [0.717, 1.165) is 66.6 Å². The maximum atomic E-state index is 12.2. The van der Waals surface area contributed by atoms with E-state index in [1.54, 1.807) is 24.3 Å². The molecule has 0 saturated heterocycles. The van der Waals surface area contributed by atoms with Crippen molar-refractivity contribution in [3.05, 3.63) is 118 Å². The number of carboxylic acids is 1. The van der Waals surface area contributed by atoms with Crippen LogP contribution in [0.3, 0.4) is 0 Å². The second-order valence-electron chi connectivity index (χ2n) is 9.51. The van der Waals surface area contributed by atoms with E-state index in [2.05, 4.69) is 15.5 Å². The van der Waals surface area contributed by atoms with Gasteiger partial charge in [0.2, 0.25) is 0 Å². The lowest BCUT2D eigenvalue weighted by Gasteiger charge is -2.17. The van der Waals surface area contributed by atoms with Gasteiger partial charge in [0.15, 0.2) is 13.2 Å². The highest BCUT2D eigenvalue weighted by Crippen LogP contribution is 2.22. The summed E-state index contributed by atoms with van der Waals surface area (Å²) in [6.45, 7) is -0.328.